The molecule has 0 spiro atoms. The van der Waals surface area contributed by atoms with Crippen LogP contribution in [-0.4, -0.2) is 40.8 Å². The van der Waals surface area contributed by atoms with E-state index in [0.717, 1.165) is 28.9 Å². The van der Waals surface area contributed by atoms with Gasteiger partial charge in [-0.25, -0.2) is 4.98 Å². The quantitative estimate of drug-likeness (QED) is 0.229. The number of carbonyl (C=O) groups excluding carboxylic acids is 2. The van der Waals surface area contributed by atoms with Gasteiger partial charge in [0.25, 0.3) is 5.56 Å². The highest BCUT2D eigenvalue weighted by Crippen LogP contribution is 2.44. The average Bonchev–Trinajstić information content (AvgIpc) is 3.54. The van der Waals surface area contributed by atoms with E-state index in [-0.39, 0.29) is 29.6 Å². The summed E-state index contributed by atoms with van der Waals surface area (Å²) in [5, 5.41) is 6.04. The fourth-order valence-electron chi connectivity index (χ4n) is 3.33. The largest absolute Gasteiger partial charge is 0.469 e. The Morgan fingerprint density at radius 1 is 1.29 bits per heavy atom. The number of hydrogen-bond donors (Lipinski definition) is 1. The number of methoxy groups -OCH3 is 1. The van der Waals surface area contributed by atoms with Crippen LogP contribution >= 0.6 is 23.1 Å². The third-order valence-electron chi connectivity index (χ3n) is 5.08. The van der Waals surface area contributed by atoms with E-state index < -0.39 is 0 Å². The van der Waals surface area contributed by atoms with Crippen molar-refractivity contribution in [1.82, 2.24) is 14.9 Å². The van der Waals surface area contributed by atoms with E-state index >= 15 is 0 Å². The molecule has 9 heteroatoms. The molecule has 1 aromatic carbocycles. The monoisotopic (exact) mass is 457 g/mol. The molecule has 0 unspecified atom stereocenters. The van der Waals surface area contributed by atoms with Crippen LogP contribution in [0.4, 0.5) is 0 Å². The summed E-state index contributed by atoms with van der Waals surface area (Å²) in [6, 6.07) is 9.40. The molecule has 3 aromatic rings. The summed E-state index contributed by atoms with van der Waals surface area (Å²) in [5.41, 5.74) is 1.75. The molecule has 2 heterocycles. The number of thioether (sulfide) groups is 1. The van der Waals surface area contributed by atoms with E-state index in [4.69, 9.17) is 4.98 Å². The minimum absolute atomic E-state index is 0.0830. The molecule has 0 aliphatic heterocycles. The number of nitrogens with zero attached hydrogens (tertiary/aromatic N) is 2. The molecular weight excluding hydrogens is 434 g/mol. The van der Waals surface area contributed by atoms with Crippen molar-refractivity contribution in [3.63, 3.8) is 0 Å². The Bertz CT molecular complexity index is 1150. The van der Waals surface area contributed by atoms with Crippen LogP contribution in [-0.2, 0) is 14.3 Å². The van der Waals surface area contributed by atoms with Crippen molar-refractivity contribution in [2.75, 3.05) is 19.4 Å². The van der Waals surface area contributed by atoms with Crippen LogP contribution in [0.3, 0.4) is 0 Å². The highest BCUT2D eigenvalue weighted by molar-refractivity contribution is 7.99. The Morgan fingerprint density at radius 2 is 2.06 bits per heavy atom. The number of esters is 1. The Labute approximate surface area is 187 Å². The van der Waals surface area contributed by atoms with Crippen molar-refractivity contribution in [3.8, 4) is 5.69 Å². The number of hydrogen-bond acceptors (Lipinski definition) is 7. The lowest BCUT2D eigenvalue weighted by molar-refractivity contribution is -0.140. The normalized spacial score (nSPS) is 13.3. The standard InChI is InChI=1S/C22H23N3O4S2/c1-29-18(27)8-5-11-23-17(26)13-31-22-24-20-19(16(12-30-20)14-9-10-14)21(28)25(22)15-6-3-2-4-7-15/h2-4,6-7,12,14H,5,8-11,13H2,1H3,(H,23,26). The van der Waals surface area contributed by atoms with Gasteiger partial charge in [0.1, 0.15) is 4.83 Å². The van der Waals surface area contributed by atoms with E-state index in [2.05, 4.69) is 15.4 Å². The number of fused-ring (bicyclic) bond motifs is 1. The number of amides is 1. The first-order valence-corrected chi connectivity index (χ1v) is 12.0. The second-order valence-electron chi connectivity index (χ2n) is 7.33. The first-order valence-electron chi connectivity index (χ1n) is 10.1. The van der Waals surface area contributed by atoms with E-state index in [0.29, 0.717) is 29.4 Å². The van der Waals surface area contributed by atoms with Gasteiger partial charge in [-0.05, 0) is 48.3 Å². The van der Waals surface area contributed by atoms with Gasteiger partial charge >= 0.3 is 5.97 Å². The van der Waals surface area contributed by atoms with Crippen molar-refractivity contribution < 1.29 is 14.3 Å². The summed E-state index contributed by atoms with van der Waals surface area (Å²) in [7, 11) is 1.34. The Morgan fingerprint density at radius 3 is 2.77 bits per heavy atom. The van der Waals surface area contributed by atoms with Crippen LogP contribution in [0.2, 0.25) is 0 Å². The lowest BCUT2D eigenvalue weighted by atomic mass is 10.1. The molecule has 0 saturated heterocycles. The molecule has 1 aliphatic carbocycles. The van der Waals surface area contributed by atoms with E-state index in [9.17, 15) is 14.4 Å². The maximum atomic E-state index is 13.5. The second kappa shape index (κ2) is 9.65. The van der Waals surface area contributed by atoms with Crippen LogP contribution in [0.1, 0.15) is 37.2 Å². The molecule has 0 bridgehead atoms. The number of nitrogens with one attached hydrogen (secondary N) is 1. The van der Waals surface area contributed by atoms with Crippen molar-refractivity contribution in [2.45, 2.75) is 36.8 Å². The topological polar surface area (TPSA) is 90.3 Å². The predicted octanol–water partition coefficient (Wildman–Crippen LogP) is 3.49. The highest BCUT2D eigenvalue weighted by atomic mass is 32.2. The lowest BCUT2D eigenvalue weighted by Gasteiger charge is -2.12. The number of aromatic nitrogens is 2. The molecule has 2 aromatic heterocycles. The SMILES string of the molecule is COC(=O)CCCNC(=O)CSc1nc2scc(C3CC3)c2c(=O)n1-c1ccccc1. The summed E-state index contributed by atoms with van der Waals surface area (Å²) < 4.78 is 6.20. The fraction of sp³-hybridized carbons (Fsp3) is 0.364. The maximum Gasteiger partial charge on any atom is 0.305 e. The maximum absolute atomic E-state index is 13.5. The minimum Gasteiger partial charge on any atom is -0.469 e. The number of para-hydroxylation sites is 1. The van der Waals surface area contributed by atoms with Crippen LogP contribution in [0, 0.1) is 0 Å². The van der Waals surface area contributed by atoms with Crippen molar-refractivity contribution >= 4 is 45.2 Å². The third-order valence-corrected chi connectivity index (χ3v) is 6.91. The summed E-state index contributed by atoms with van der Waals surface area (Å²) in [4.78, 5) is 42.4. The molecule has 162 valence electrons. The number of thiophene rings is 1. The van der Waals surface area contributed by atoms with E-state index in [1.807, 2.05) is 30.3 Å². The van der Waals surface area contributed by atoms with Crippen LogP contribution in [0.5, 0.6) is 0 Å². The molecule has 31 heavy (non-hydrogen) atoms. The average molecular weight is 458 g/mol. The number of benzene rings is 1. The molecule has 0 radical (unpaired) electrons. The molecule has 1 fully saturated rings. The molecule has 0 atom stereocenters. The fourth-order valence-corrected chi connectivity index (χ4v) is 5.24. The third kappa shape index (κ3) is 4.99. The molecular formula is C22H23N3O4S2. The van der Waals surface area contributed by atoms with Gasteiger partial charge in [0.15, 0.2) is 5.16 Å². The number of rotatable bonds is 9. The lowest BCUT2D eigenvalue weighted by Crippen LogP contribution is -2.27. The predicted molar refractivity (Wildman–Crippen MR) is 122 cm³/mol. The molecule has 4 rings (SSSR count). The Balaban J connectivity index is 1.55. The van der Waals surface area contributed by atoms with Gasteiger partial charge in [-0.2, -0.15) is 0 Å². The van der Waals surface area contributed by atoms with Gasteiger partial charge in [0.2, 0.25) is 5.91 Å². The van der Waals surface area contributed by atoms with Crippen LogP contribution in [0.15, 0.2) is 45.7 Å². The highest BCUT2D eigenvalue weighted by Gasteiger charge is 2.29. The van der Waals surface area contributed by atoms with Crippen LogP contribution in [0.25, 0.3) is 15.9 Å². The van der Waals surface area contributed by atoms with Gasteiger partial charge < -0.3 is 10.1 Å². The van der Waals surface area contributed by atoms with Gasteiger partial charge in [0, 0.05) is 13.0 Å². The van der Waals surface area contributed by atoms with Gasteiger partial charge in [0.05, 0.1) is 23.9 Å². The smallest absolute Gasteiger partial charge is 0.305 e. The first-order chi connectivity index (χ1) is 15.1. The Hall–Kier alpha value is -2.65. The summed E-state index contributed by atoms with van der Waals surface area (Å²) in [5.74, 6) is 0.120. The molecule has 1 amide bonds. The number of carbonyl (C=O) groups is 2. The zero-order chi connectivity index (χ0) is 21.8. The van der Waals surface area contributed by atoms with Crippen molar-refractivity contribution in [2.24, 2.45) is 0 Å². The zero-order valence-electron chi connectivity index (χ0n) is 17.1. The van der Waals surface area contributed by atoms with Gasteiger partial charge in [-0.15, -0.1) is 11.3 Å². The van der Waals surface area contributed by atoms with Gasteiger partial charge in [-0.3, -0.25) is 19.0 Å². The van der Waals surface area contributed by atoms with E-state index in [1.54, 1.807) is 4.57 Å². The molecule has 7 nitrogen and oxygen atoms in total. The number of ether oxygens (including phenoxy) is 1. The minimum atomic E-state index is -0.297. The van der Waals surface area contributed by atoms with Crippen molar-refractivity contribution in [1.29, 1.82) is 0 Å². The summed E-state index contributed by atoms with van der Waals surface area (Å²) in [6.07, 6.45) is 3.01. The Kier molecular flexibility index (Phi) is 6.72. The first kappa shape index (κ1) is 21.6. The molecule has 1 saturated carbocycles. The van der Waals surface area contributed by atoms with Crippen LogP contribution < -0.4 is 10.9 Å². The second-order valence-corrected chi connectivity index (χ2v) is 9.13. The zero-order valence-corrected chi connectivity index (χ0v) is 18.8. The summed E-state index contributed by atoms with van der Waals surface area (Å²) >= 11 is 2.72. The molecule has 1 N–H and O–H groups in total. The molecule has 1 aliphatic rings. The van der Waals surface area contributed by atoms with Crippen molar-refractivity contribution in [3.05, 3.63) is 51.6 Å². The summed E-state index contributed by atoms with van der Waals surface area (Å²) in [6.45, 7) is 0.391. The van der Waals surface area contributed by atoms with Gasteiger partial charge in [-0.1, -0.05) is 30.0 Å². The van der Waals surface area contributed by atoms with E-state index in [1.165, 1.54) is 30.2 Å².